The Morgan fingerprint density at radius 1 is 1.33 bits per heavy atom. The van der Waals surface area contributed by atoms with Crippen molar-refractivity contribution in [2.24, 2.45) is 0 Å². The molecule has 1 aromatic carbocycles. The molecule has 1 N–H and O–H groups in total. The summed E-state index contributed by atoms with van der Waals surface area (Å²) in [5.74, 6) is -1.25. The number of carbonyl (C=O) groups is 1. The zero-order valence-electron chi connectivity index (χ0n) is 11.5. The highest BCUT2D eigenvalue weighted by Gasteiger charge is 2.15. The maximum Gasteiger partial charge on any atom is 0.341 e. The molecule has 1 heterocycles. The molecule has 0 aliphatic rings. The third-order valence-corrected chi connectivity index (χ3v) is 3.32. The fraction of sp³-hybridized carbons (Fsp3) is 0.267. The molecule has 0 radical (unpaired) electrons. The third-order valence-electron chi connectivity index (χ3n) is 3.07. The number of aromatic carboxylic acids is 1. The Kier molecular flexibility index (Phi) is 4.75. The SMILES string of the molecule is CCCCn1nc(-c2ccc(Cl)cc2)cc(C(=O)O)c1=O. The predicted molar refractivity (Wildman–Crippen MR) is 80.8 cm³/mol. The molecule has 2 rings (SSSR count). The van der Waals surface area contributed by atoms with Crippen molar-refractivity contribution < 1.29 is 9.90 Å². The van der Waals surface area contributed by atoms with Crippen LogP contribution in [-0.2, 0) is 6.54 Å². The summed E-state index contributed by atoms with van der Waals surface area (Å²) >= 11 is 5.84. The maximum absolute atomic E-state index is 12.1. The van der Waals surface area contributed by atoms with Crippen molar-refractivity contribution in [3.8, 4) is 11.3 Å². The van der Waals surface area contributed by atoms with Gasteiger partial charge in [0.15, 0.2) is 0 Å². The zero-order valence-corrected chi connectivity index (χ0v) is 12.3. The van der Waals surface area contributed by atoms with Crippen molar-refractivity contribution in [1.82, 2.24) is 9.78 Å². The summed E-state index contributed by atoms with van der Waals surface area (Å²) in [5, 5.41) is 14.0. The molecule has 0 bridgehead atoms. The molecule has 0 spiro atoms. The number of halogens is 1. The van der Waals surface area contributed by atoms with E-state index in [0.29, 0.717) is 22.8 Å². The average molecular weight is 307 g/mol. The van der Waals surface area contributed by atoms with Gasteiger partial charge in [-0.3, -0.25) is 4.79 Å². The lowest BCUT2D eigenvalue weighted by atomic mass is 10.1. The van der Waals surface area contributed by atoms with Gasteiger partial charge in [-0.25, -0.2) is 9.48 Å². The van der Waals surface area contributed by atoms with E-state index in [-0.39, 0.29) is 5.56 Å². The minimum atomic E-state index is -1.25. The second-order valence-electron chi connectivity index (χ2n) is 4.64. The van der Waals surface area contributed by atoms with E-state index in [1.54, 1.807) is 24.3 Å². The smallest absolute Gasteiger partial charge is 0.341 e. The molecule has 2 aromatic rings. The molecule has 0 amide bonds. The van der Waals surface area contributed by atoms with Crippen LogP contribution in [0.15, 0.2) is 35.1 Å². The van der Waals surface area contributed by atoms with Gasteiger partial charge in [-0.2, -0.15) is 5.10 Å². The minimum Gasteiger partial charge on any atom is -0.477 e. The molecular formula is C15H15ClN2O3. The first-order chi connectivity index (χ1) is 10.0. The number of aryl methyl sites for hydroxylation is 1. The topological polar surface area (TPSA) is 72.2 Å². The van der Waals surface area contributed by atoms with Crippen LogP contribution in [0.5, 0.6) is 0 Å². The van der Waals surface area contributed by atoms with E-state index in [4.69, 9.17) is 16.7 Å². The van der Waals surface area contributed by atoms with E-state index >= 15 is 0 Å². The summed E-state index contributed by atoms with van der Waals surface area (Å²) in [7, 11) is 0. The first-order valence-electron chi connectivity index (χ1n) is 6.64. The van der Waals surface area contributed by atoms with E-state index in [1.165, 1.54) is 10.7 Å². The predicted octanol–water partition coefficient (Wildman–Crippen LogP) is 3.06. The van der Waals surface area contributed by atoms with E-state index in [1.807, 2.05) is 6.92 Å². The molecular weight excluding hydrogens is 292 g/mol. The lowest BCUT2D eigenvalue weighted by molar-refractivity contribution is 0.0693. The fourth-order valence-electron chi connectivity index (χ4n) is 1.92. The highest BCUT2D eigenvalue weighted by atomic mass is 35.5. The van der Waals surface area contributed by atoms with Crippen molar-refractivity contribution in [1.29, 1.82) is 0 Å². The number of aromatic nitrogens is 2. The summed E-state index contributed by atoms with van der Waals surface area (Å²) in [5.41, 5.74) is 0.312. The molecule has 1 aromatic heterocycles. The van der Waals surface area contributed by atoms with Crippen molar-refractivity contribution in [2.45, 2.75) is 26.3 Å². The van der Waals surface area contributed by atoms with Crippen molar-refractivity contribution >= 4 is 17.6 Å². The van der Waals surface area contributed by atoms with Gasteiger partial charge in [-0.15, -0.1) is 0 Å². The number of benzene rings is 1. The van der Waals surface area contributed by atoms with Crippen LogP contribution in [0.1, 0.15) is 30.1 Å². The molecule has 0 fully saturated rings. The van der Waals surface area contributed by atoms with Crippen LogP contribution in [0, 0.1) is 0 Å². The normalized spacial score (nSPS) is 10.6. The van der Waals surface area contributed by atoms with Gasteiger partial charge in [0.05, 0.1) is 5.69 Å². The number of nitrogens with zero attached hydrogens (tertiary/aromatic N) is 2. The second-order valence-corrected chi connectivity index (χ2v) is 5.07. The van der Waals surface area contributed by atoms with Gasteiger partial charge in [0.25, 0.3) is 5.56 Å². The second kappa shape index (κ2) is 6.54. The van der Waals surface area contributed by atoms with Gasteiger partial charge in [-0.05, 0) is 24.6 Å². The van der Waals surface area contributed by atoms with Gasteiger partial charge >= 0.3 is 5.97 Å². The number of rotatable bonds is 5. The van der Waals surface area contributed by atoms with Gasteiger partial charge in [0.1, 0.15) is 5.56 Å². The molecule has 0 saturated heterocycles. The van der Waals surface area contributed by atoms with Crippen LogP contribution in [0.4, 0.5) is 0 Å². The number of hydrogen-bond acceptors (Lipinski definition) is 3. The Balaban J connectivity index is 2.55. The first kappa shape index (κ1) is 15.3. The van der Waals surface area contributed by atoms with E-state index in [2.05, 4.69) is 5.10 Å². The Morgan fingerprint density at radius 3 is 2.57 bits per heavy atom. The summed E-state index contributed by atoms with van der Waals surface area (Å²) in [6.07, 6.45) is 1.65. The maximum atomic E-state index is 12.1. The molecule has 6 heteroatoms. The highest BCUT2D eigenvalue weighted by molar-refractivity contribution is 6.30. The van der Waals surface area contributed by atoms with Gasteiger partial charge in [0.2, 0.25) is 0 Å². The first-order valence-corrected chi connectivity index (χ1v) is 7.02. The minimum absolute atomic E-state index is 0.272. The molecule has 0 aliphatic heterocycles. The van der Waals surface area contributed by atoms with Crippen LogP contribution < -0.4 is 5.56 Å². The fourth-order valence-corrected chi connectivity index (χ4v) is 2.04. The number of carboxylic acids is 1. The van der Waals surface area contributed by atoms with E-state index in [9.17, 15) is 9.59 Å². The molecule has 0 saturated carbocycles. The molecule has 21 heavy (non-hydrogen) atoms. The summed E-state index contributed by atoms with van der Waals surface area (Å²) in [6.45, 7) is 2.39. The molecule has 0 aliphatic carbocycles. The van der Waals surface area contributed by atoms with Crippen LogP contribution in [0.25, 0.3) is 11.3 Å². The third kappa shape index (κ3) is 3.49. The van der Waals surface area contributed by atoms with Crippen LogP contribution >= 0.6 is 11.6 Å². The lowest BCUT2D eigenvalue weighted by Gasteiger charge is -2.09. The van der Waals surface area contributed by atoms with Crippen molar-refractivity contribution in [2.75, 3.05) is 0 Å². The largest absolute Gasteiger partial charge is 0.477 e. The van der Waals surface area contributed by atoms with Gasteiger partial charge in [-0.1, -0.05) is 37.1 Å². The van der Waals surface area contributed by atoms with Crippen molar-refractivity contribution in [3.63, 3.8) is 0 Å². The Hall–Kier alpha value is -2.14. The van der Waals surface area contributed by atoms with E-state index < -0.39 is 11.5 Å². The summed E-state index contributed by atoms with van der Waals surface area (Å²) < 4.78 is 1.22. The summed E-state index contributed by atoms with van der Waals surface area (Å²) in [4.78, 5) is 23.3. The molecule has 0 atom stereocenters. The standard InChI is InChI=1S/C15H15ClN2O3/c1-2-3-8-18-14(19)12(15(20)21)9-13(17-18)10-4-6-11(16)7-5-10/h4-7,9H,2-3,8H2,1H3,(H,20,21). The van der Waals surface area contributed by atoms with Gasteiger partial charge in [0, 0.05) is 17.1 Å². The number of hydrogen-bond donors (Lipinski definition) is 1. The van der Waals surface area contributed by atoms with Crippen LogP contribution in [0.2, 0.25) is 5.02 Å². The van der Waals surface area contributed by atoms with Gasteiger partial charge < -0.3 is 5.11 Å². The van der Waals surface area contributed by atoms with E-state index in [0.717, 1.165) is 12.8 Å². The Morgan fingerprint density at radius 2 is 2.00 bits per heavy atom. The molecule has 0 unspecified atom stereocenters. The molecule has 5 nitrogen and oxygen atoms in total. The lowest BCUT2D eigenvalue weighted by Crippen LogP contribution is -2.29. The average Bonchev–Trinajstić information content (AvgIpc) is 2.47. The Bertz CT molecular complexity index is 708. The Labute approximate surface area is 126 Å². The number of carboxylic acid groups (broad SMARTS) is 1. The zero-order chi connectivity index (χ0) is 15.4. The monoisotopic (exact) mass is 306 g/mol. The quantitative estimate of drug-likeness (QED) is 0.921. The molecule has 110 valence electrons. The van der Waals surface area contributed by atoms with Crippen LogP contribution in [0.3, 0.4) is 0 Å². The van der Waals surface area contributed by atoms with Crippen molar-refractivity contribution in [3.05, 3.63) is 51.3 Å². The highest BCUT2D eigenvalue weighted by Crippen LogP contribution is 2.19. The summed E-state index contributed by atoms with van der Waals surface area (Å²) in [6, 6.07) is 8.17. The van der Waals surface area contributed by atoms with Crippen LogP contribution in [-0.4, -0.2) is 20.9 Å². The number of unbranched alkanes of at least 4 members (excludes halogenated alkanes) is 1.